The molecule has 0 radical (unpaired) electrons. The number of hydrogen-bond acceptors (Lipinski definition) is 2. The van der Waals surface area contributed by atoms with Crippen LogP contribution in [0.4, 0.5) is 0 Å². The van der Waals surface area contributed by atoms with Gasteiger partial charge in [-0.25, -0.2) is 0 Å². The van der Waals surface area contributed by atoms with E-state index >= 15 is 0 Å². The van der Waals surface area contributed by atoms with Gasteiger partial charge in [0.15, 0.2) is 0 Å². The van der Waals surface area contributed by atoms with Crippen molar-refractivity contribution in [2.75, 3.05) is 0 Å². The Bertz CT molecular complexity index is 896. The first kappa shape index (κ1) is 13.8. The van der Waals surface area contributed by atoms with Gasteiger partial charge >= 0.3 is 135 Å². The van der Waals surface area contributed by atoms with Gasteiger partial charge in [-0.1, -0.05) is 0 Å². The zero-order valence-electron chi connectivity index (χ0n) is 11.7. The first-order chi connectivity index (χ1) is 10.7. The molecule has 0 unspecified atom stereocenters. The monoisotopic (exact) mass is 368 g/mol. The molecule has 4 heteroatoms. The molecule has 0 N–H and O–H groups in total. The maximum atomic E-state index is 12.9. The molecular formula is C18H13AsO2S. The molecule has 1 heterocycles. The molecule has 2 nitrogen and oxygen atoms in total. The Kier molecular flexibility index (Phi) is 3.21. The molecule has 0 bridgehead atoms. The number of rotatable bonds is 1. The molecule has 22 heavy (non-hydrogen) atoms. The number of benzene rings is 3. The van der Waals surface area contributed by atoms with Crippen LogP contribution in [0.3, 0.4) is 0 Å². The van der Waals surface area contributed by atoms with E-state index in [2.05, 4.69) is 12.1 Å². The first-order valence-corrected chi connectivity index (χ1v) is 11.3. The summed E-state index contributed by atoms with van der Waals surface area (Å²) in [5, 5.41) is 0. The molecule has 1 aliphatic rings. The Hall–Kier alpha value is -1.83. The van der Waals surface area contributed by atoms with Gasteiger partial charge in [0, 0.05) is 0 Å². The van der Waals surface area contributed by atoms with Crippen LogP contribution >= 0.6 is 0 Å². The zero-order valence-corrected chi connectivity index (χ0v) is 14.4. The fourth-order valence-electron chi connectivity index (χ4n) is 2.84. The predicted octanol–water partition coefficient (Wildman–Crippen LogP) is 1.35. The molecule has 0 spiro atoms. The van der Waals surface area contributed by atoms with Gasteiger partial charge in [-0.05, 0) is 0 Å². The van der Waals surface area contributed by atoms with E-state index in [1.54, 1.807) is 12.1 Å². The SMILES string of the molecule is O=S1(=O)c2ccccc2[As](c2ccccc2)c2ccccc21. The molecule has 3 aromatic carbocycles. The van der Waals surface area contributed by atoms with Gasteiger partial charge in [-0.2, -0.15) is 0 Å². The summed E-state index contributed by atoms with van der Waals surface area (Å²) >= 11 is -1.83. The van der Waals surface area contributed by atoms with Crippen LogP contribution < -0.4 is 13.1 Å². The summed E-state index contributed by atoms with van der Waals surface area (Å²) in [5.41, 5.74) is 0. The van der Waals surface area contributed by atoms with Crippen molar-refractivity contribution in [2.24, 2.45) is 0 Å². The summed E-state index contributed by atoms with van der Waals surface area (Å²) in [4.78, 5) is 0.968. The Morgan fingerprint density at radius 3 is 1.59 bits per heavy atom. The van der Waals surface area contributed by atoms with E-state index < -0.39 is 24.5 Å². The Morgan fingerprint density at radius 2 is 1.05 bits per heavy atom. The van der Waals surface area contributed by atoms with E-state index in [0.717, 1.165) is 8.70 Å². The van der Waals surface area contributed by atoms with Crippen molar-refractivity contribution in [3.8, 4) is 0 Å². The van der Waals surface area contributed by atoms with Crippen LogP contribution in [-0.4, -0.2) is 23.1 Å². The molecule has 0 aromatic heterocycles. The Balaban J connectivity index is 2.10. The molecule has 3 aromatic rings. The normalized spacial score (nSPS) is 15.8. The third-order valence-corrected chi connectivity index (χ3v) is 11.7. The van der Waals surface area contributed by atoms with Crippen molar-refractivity contribution in [2.45, 2.75) is 9.79 Å². The van der Waals surface area contributed by atoms with Crippen LogP contribution in [0.5, 0.6) is 0 Å². The van der Waals surface area contributed by atoms with Crippen LogP contribution in [0.25, 0.3) is 0 Å². The molecule has 0 atom stereocenters. The third-order valence-electron chi connectivity index (χ3n) is 3.81. The average Bonchev–Trinajstić information content (AvgIpc) is 2.56. The molecule has 1 aliphatic heterocycles. The number of hydrogen-bond donors (Lipinski definition) is 0. The van der Waals surface area contributed by atoms with Gasteiger partial charge in [0.05, 0.1) is 0 Å². The van der Waals surface area contributed by atoms with Crippen LogP contribution in [0.2, 0.25) is 0 Å². The van der Waals surface area contributed by atoms with E-state index in [-0.39, 0.29) is 0 Å². The van der Waals surface area contributed by atoms with Crippen molar-refractivity contribution >= 4 is 37.5 Å². The average molecular weight is 368 g/mol. The second-order valence-electron chi connectivity index (χ2n) is 5.11. The van der Waals surface area contributed by atoms with E-state index in [1.807, 2.05) is 54.6 Å². The summed E-state index contributed by atoms with van der Waals surface area (Å²) < 4.78 is 29.0. The minimum absolute atomic E-state index is 0.484. The topological polar surface area (TPSA) is 34.1 Å². The van der Waals surface area contributed by atoms with Crippen LogP contribution in [0, 0.1) is 0 Å². The Morgan fingerprint density at radius 1 is 0.591 bits per heavy atom. The molecule has 0 amide bonds. The molecule has 0 aliphatic carbocycles. The van der Waals surface area contributed by atoms with Crippen LogP contribution in [0.1, 0.15) is 0 Å². The summed E-state index contributed by atoms with van der Waals surface area (Å²) in [5.74, 6) is 0. The summed E-state index contributed by atoms with van der Waals surface area (Å²) in [6, 6.07) is 25.2. The van der Waals surface area contributed by atoms with Gasteiger partial charge in [-0.3, -0.25) is 0 Å². The standard InChI is InChI=1S/C18H13AsO2S/c20-22(21)17-12-6-4-10-15(17)19(14-8-2-1-3-9-14)16-11-5-7-13-18(16)22/h1-13H. The van der Waals surface area contributed by atoms with Gasteiger partial charge in [0.25, 0.3) is 0 Å². The number of sulfone groups is 1. The molecule has 0 saturated carbocycles. The minimum atomic E-state index is -3.41. The van der Waals surface area contributed by atoms with Gasteiger partial charge in [0.2, 0.25) is 0 Å². The second-order valence-corrected chi connectivity index (χ2v) is 11.5. The molecular weight excluding hydrogens is 355 g/mol. The van der Waals surface area contributed by atoms with Gasteiger partial charge in [-0.15, -0.1) is 0 Å². The summed E-state index contributed by atoms with van der Waals surface area (Å²) in [6.07, 6.45) is 0. The first-order valence-electron chi connectivity index (χ1n) is 6.98. The van der Waals surface area contributed by atoms with Crippen molar-refractivity contribution in [1.29, 1.82) is 0 Å². The van der Waals surface area contributed by atoms with E-state index in [4.69, 9.17) is 0 Å². The van der Waals surface area contributed by atoms with Crippen LogP contribution in [0.15, 0.2) is 88.7 Å². The van der Waals surface area contributed by atoms with Crippen LogP contribution in [-0.2, 0) is 9.84 Å². The summed E-state index contributed by atoms with van der Waals surface area (Å²) in [7, 11) is -3.41. The second kappa shape index (κ2) is 5.12. The van der Waals surface area contributed by atoms with Crippen molar-refractivity contribution in [3.05, 3.63) is 78.9 Å². The van der Waals surface area contributed by atoms with Gasteiger partial charge < -0.3 is 0 Å². The molecule has 0 fully saturated rings. The fraction of sp³-hybridized carbons (Fsp3) is 0. The fourth-order valence-corrected chi connectivity index (χ4v) is 11.7. The molecule has 0 saturated heterocycles. The summed E-state index contributed by atoms with van der Waals surface area (Å²) in [6.45, 7) is 0. The van der Waals surface area contributed by atoms with Crippen molar-refractivity contribution in [1.82, 2.24) is 0 Å². The zero-order chi connectivity index (χ0) is 15.2. The molecule has 108 valence electrons. The molecule has 4 rings (SSSR count). The van der Waals surface area contributed by atoms with Gasteiger partial charge in [0.1, 0.15) is 0 Å². The third kappa shape index (κ3) is 1.97. The van der Waals surface area contributed by atoms with Crippen molar-refractivity contribution in [3.63, 3.8) is 0 Å². The number of fused-ring (bicyclic) bond motifs is 2. The quantitative estimate of drug-likeness (QED) is 0.476. The van der Waals surface area contributed by atoms with Crippen molar-refractivity contribution < 1.29 is 8.42 Å². The maximum absolute atomic E-state index is 12.9. The Labute approximate surface area is 134 Å². The van der Waals surface area contributed by atoms with E-state index in [1.165, 1.54) is 4.35 Å². The van der Waals surface area contributed by atoms with E-state index in [9.17, 15) is 8.42 Å². The predicted molar refractivity (Wildman–Crippen MR) is 89.4 cm³/mol. The van der Waals surface area contributed by atoms with E-state index in [0.29, 0.717) is 9.79 Å².